The van der Waals surface area contributed by atoms with Gasteiger partial charge in [0.15, 0.2) is 0 Å². The number of aryl methyl sites for hydroxylation is 1. The fraction of sp³-hybridized carbons (Fsp3) is 0.375. The molecule has 41 heavy (non-hydrogen) atoms. The zero-order valence-electron chi connectivity index (χ0n) is 23.4. The van der Waals surface area contributed by atoms with Crippen molar-refractivity contribution in [3.05, 3.63) is 95.8 Å². The summed E-state index contributed by atoms with van der Waals surface area (Å²) in [6, 6.07) is 23.7. The van der Waals surface area contributed by atoms with Gasteiger partial charge in [0.2, 0.25) is 5.91 Å². The minimum absolute atomic E-state index is 0.133. The van der Waals surface area contributed by atoms with E-state index in [1.807, 2.05) is 66.4 Å². The highest BCUT2D eigenvalue weighted by atomic mass is 19.1. The molecule has 0 saturated carbocycles. The Kier molecular flexibility index (Phi) is 11.1. The van der Waals surface area contributed by atoms with E-state index in [1.165, 1.54) is 6.07 Å². The third-order valence-electron chi connectivity index (χ3n) is 7.22. The Morgan fingerprint density at radius 2 is 1.61 bits per heavy atom. The molecule has 218 valence electrons. The zero-order chi connectivity index (χ0) is 29.0. The Labute approximate surface area is 240 Å². The van der Waals surface area contributed by atoms with Crippen LogP contribution in [0, 0.1) is 11.7 Å². The number of piperazine rings is 1. The average molecular weight is 564 g/mol. The van der Waals surface area contributed by atoms with Gasteiger partial charge in [-0.3, -0.25) is 14.4 Å². The number of hydroxylamine groups is 1. The third kappa shape index (κ3) is 8.52. The van der Waals surface area contributed by atoms with Crippen LogP contribution in [-0.4, -0.2) is 60.7 Å². The van der Waals surface area contributed by atoms with Gasteiger partial charge >= 0.3 is 0 Å². The Bertz CT molecular complexity index is 1250. The number of benzene rings is 3. The maximum atomic E-state index is 14.3. The molecule has 3 aromatic carbocycles. The minimum atomic E-state index is -1.58. The van der Waals surface area contributed by atoms with Crippen molar-refractivity contribution >= 4 is 17.5 Å². The summed E-state index contributed by atoms with van der Waals surface area (Å²) in [5.41, 5.74) is 4.74. The largest absolute Gasteiger partial charge is 0.494 e. The number of para-hydroxylation sites is 1. The number of anilines is 1. The van der Waals surface area contributed by atoms with Gasteiger partial charge in [-0.1, -0.05) is 54.6 Å². The van der Waals surface area contributed by atoms with E-state index in [9.17, 15) is 19.1 Å². The summed E-state index contributed by atoms with van der Waals surface area (Å²) < 4.78 is 19.8. The van der Waals surface area contributed by atoms with Gasteiger partial charge in [-0.05, 0) is 61.6 Å². The van der Waals surface area contributed by atoms with Crippen molar-refractivity contribution in [3.8, 4) is 5.75 Å². The number of ether oxygens (including phenoxy) is 1. The molecule has 0 aliphatic carbocycles. The maximum Gasteiger partial charge on any atom is 0.273 e. The van der Waals surface area contributed by atoms with Gasteiger partial charge in [-0.2, -0.15) is 0 Å². The van der Waals surface area contributed by atoms with Crippen LogP contribution < -0.4 is 15.1 Å². The molecular formula is C32H38FN3O5. The normalized spacial score (nSPS) is 14.8. The summed E-state index contributed by atoms with van der Waals surface area (Å²) in [6.07, 6.45) is 0.000712. The molecule has 1 fully saturated rings. The molecule has 1 heterocycles. The predicted octanol–water partition coefficient (Wildman–Crippen LogP) is 4.12. The number of nitrogens with one attached hydrogen (secondary N) is 1. The number of hydrogen-bond acceptors (Lipinski definition) is 6. The zero-order valence-corrected chi connectivity index (χ0v) is 23.4. The van der Waals surface area contributed by atoms with E-state index < -0.39 is 17.9 Å². The van der Waals surface area contributed by atoms with Crippen LogP contribution in [0.3, 0.4) is 0 Å². The van der Waals surface area contributed by atoms with Crippen molar-refractivity contribution in [1.82, 2.24) is 10.4 Å². The highest BCUT2D eigenvalue weighted by Gasteiger charge is 2.36. The van der Waals surface area contributed by atoms with Gasteiger partial charge in [-0.25, -0.2) is 9.87 Å². The molecule has 2 amide bonds. The van der Waals surface area contributed by atoms with E-state index in [2.05, 4.69) is 5.48 Å². The molecule has 1 saturated heterocycles. The van der Waals surface area contributed by atoms with Crippen molar-refractivity contribution < 1.29 is 28.7 Å². The second kappa shape index (κ2) is 15.2. The lowest BCUT2D eigenvalue weighted by molar-refractivity contribution is -0.154. The number of amides is 2. The van der Waals surface area contributed by atoms with Crippen molar-refractivity contribution in [1.29, 1.82) is 0 Å². The summed E-state index contributed by atoms with van der Waals surface area (Å²) in [5.74, 6) is -1.51. The third-order valence-corrected chi connectivity index (χ3v) is 7.22. The molecule has 0 aromatic heterocycles. The standard InChI is InChI=1S/C32H38FN3O5/c1-2-40-26-17-15-24(16-18-26)11-8-12-27(30(37)31(38)34-41-23-25-9-4-3-5-10-25)32(39)36-21-19-35(20-22-36)29-14-7-6-13-28(29)33/h3-7,9-10,13-18,27,30,37H,2,8,11-12,19-23H2,1H3,(H,34,38)/t27-,30+/m1/s1. The molecule has 0 radical (unpaired) electrons. The first-order chi connectivity index (χ1) is 20.0. The summed E-state index contributed by atoms with van der Waals surface area (Å²) in [7, 11) is 0. The summed E-state index contributed by atoms with van der Waals surface area (Å²) in [4.78, 5) is 35.4. The minimum Gasteiger partial charge on any atom is -0.494 e. The molecule has 4 rings (SSSR count). The Balaban J connectivity index is 1.37. The van der Waals surface area contributed by atoms with Crippen LogP contribution in [0.25, 0.3) is 0 Å². The number of aliphatic hydroxyl groups excluding tert-OH is 1. The lowest BCUT2D eigenvalue weighted by Crippen LogP contribution is -2.53. The maximum absolute atomic E-state index is 14.3. The highest BCUT2D eigenvalue weighted by molar-refractivity contribution is 5.89. The molecule has 1 aliphatic heterocycles. The first-order valence-corrected chi connectivity index (χ1v) is 14.1. The number of rotatable bonds is 13. The first kappa shape index (κ1) is 30.0. The first-order valence-electron chi connectivity index (χ1n) is 14.1. The van der Waals surface area contributed by atoms with Crippen LogP contribution >= 0.6 is 0 Å². The fourth-order valence-corrected chi connectivity index (χ4v) is 4.98. The van der Waals surface area contributed by atoms with Gasteiger partial charge in [0, 0.05) is 26.2 Å². The molecule has 0 unspecified atom stereocenters. The number of nitrogens with zero attached hydrogens (tertiary/aromatic N) is 2. The molecule has 0 bridgehead atoms. The molecule has 2 N–H and O–H groups in total. The molecular weight excluding hydrogens is 525 g/mol. The average Bonchev–Trinajstić information content (AvgIpc) is 3.00. The lowest BCUT2D eigenvalue weighted by atomic mass is 9.92. The van der Waals surface area contributed by atoms with Gasteiger partial charge < -0.3 is 19.6 Å². The Morgan fingerprint density at radius 1 is 0.927 bits per heavy atom. The molecule has 0 spiro atoms. The number of halogens is 1. The molecule has 8 nitrogen and oxygen atoms in total. The van der Waals surface area contributed by atoms with Gasteiger partial charge in [0.05, 0.1) is 24.8 Å². The van der Waals surface area contributed by atoms with Crippen LogP contribution in [0.15, 0.2) is 78.9 Å². The van der Waals surface area contributed by atoms with Crippen molar-refractivity contribution in [3.63, 3.8) is 0 Å². The summed E-state index contributed by atoms with van der Waals surface area (Å²) in [5, 5.41) is 11.0. The second-order valence-corrected chi connectivity index (χ2v) is 10.0. The number of carbonyl (C=O) groups is 2. The number of aliphatic hydroxyl groups is 1. The summed E-state index contributed by atoms with van der Waals surface area (Å²) >= 11 is 0. The molecule has 9 heteroatoms. The van der Waals surface area contributed by atoms with Crippen LogP contribution in [-0.2, 0) is 27.5 Å². The molecule has 2 atom stereocenters. The van der Waals surface area contributed by atoms with Gasteiger partial charge in [0.1, 0.15) is 17.7 Å². The van der Waals surface area contributed by atoms with Gasteiger partial charge in [0.25, 0.3) is 5.91 Å². The van der Waals surface area contributed by atoms with Crippen LogP contribution in [0.1, 0.15) is 30.9 Å². The van der Waals surface area contributed by atoms with Gasteiger partial charge in [-0.15, -0.1) is 0 Å². The SMILES string of the molecule is CCOc1ccc(CCC[C@@H](C(=O)N2CCN(c3ccccc3F)CC2)[C@H](O)C(=O)NOCc2ccccc2)cc1. The predicted molar refractivity (Wildman–Crippen MR) is 155 cm³/mol. The van der Waals surface area contributed by atoms with E-state index in [0.717, 1.165) is 16.9 Å². The lowest BCUT2D eigenvalue weighted by Gasteiger charge is -2.38. The van der Waals surface area contributed by atoms with E-state index in [4.69, 9.17) is 9.57 Å². The smallest absolute Gasteiger partial charge is 0.273 e. The number of carbonyl (C=O) groups excluding carboxylic acids is 2. The summed E-state index contributed by atoms with van der Waals surface area (Å²) in [6.45, 7) is 4.28. The van der Waals surface area contributed by atoms with Crippen molar-refractivity contribution in [2.45, 2.75) is 38.9 Å². The van der Waals surface area contributed by atoms with Crippen LogP contribution in [0.4, 0.5) is 10.1 Å². The van der Waals surface area contributed by atoms with Crippen LogP contribution in [0.2, 0.25) is 0 Å². The van der Waals surface area contributed by atoms with E-state index in [-0.39, 0.29) is 18.3 Å². The second-order valence-electron chi connectivity index (χ2n) is 10.0. The van der Waals surface area contributed by atoms with Crippen LogP contribution in [0.5, 0.6) is 5.75 Å². The van der Waals surface area contributed by atoms with Crippen molar-refractivity contribution in [2.75, 3.05) is 37.7 Å². The Morgan fingerprint density at radius 3 is 2.29 bits per heavy atom. The van der Waals surface area contributed by atoms with E-state index >= 15 is 0 Å². The fourth-order valence-electron chi connectivity index (χ4n) is 4.98. The Hall–Kier alpha value is -3.95. The highest BCUT2D eigenvalue weighted by Crippen LogP contribution is 2.23. The van der Waals surface area contributed by atoms with E-state index in [1.54, 1.807) is 23.1 Å². The quantitative estimate of drug-likeness (QED) is 0.304. The van der Waals surface area contributed by atoms with E-state index in [0.29, 0.717) is 57.7 Å². The topological polar surface area (TPSA) is 91.3 Å². The molecule has 3 aromatic rings. The number of hydrogen-bond donors (Lipinski definition) is 2. The van der Waals surface area contributed by atoms with Crippen molar-refractivity contribution in [2.24, 2.45) is 5.92 Å². The monoisotopic (exact) mass is 563 g/mol. The molecule has 1 aliphatic rings.